The van der Waals surface area contributed by atoms with Gasteiger partial charge in [0.1, 0.15) is 0 Å². The number of nitrogens with zero attached hydrogens (tertiary/aromatic N) is 1. The fraction of sp³-hybridized carbons (Fsp3) is 0.222. The predicted octanol–water partition coefficient (Wildman–Crippen LogP) is -0.0233. The molecule has 76 valence electrons. The Morgan fingerprint density at radius 3 is 2.57 bits per heavy atom. The molecule has 1 rings (SSSR count). The Balaban J connectivity index is 2.79. The Morgan fingerprint density at radius 1 is 1.36 bits per heavy atom. The van der Waals surface area contributed by atoms with Crippen molar-refractivity contribution >= 4 is 5.97 Å². The fourth-order valence-corrected chi connectivity index (χ4v) is 1.20. The zero-order chi connectivity index (χ0) is 10.6. The van der Waals surface area contributed by atoms with Gasteiger partial charge in [-0.1, -0.05) is 18.2 Å². The van der Waals surface area contributed by atoms with Gasteiger partial charge in [-0.3, -0.25) is 11.7 Å². The minimum absolute atomic E-state index is 0.300. The number of nitrogens with two attached hydrogens (primary N) is 2. The van der Waals surface area contributed by atoms with Gasteiger partial charge in [-0.2, -0.15) is 5.12 Å². The van der Waals surface area contributed by atoms with Gasteiger partial charge >= 0.3 is 5.97 Å². The molecule has 0 aliphatic heterocycles. The van der Waals surface area contributed by atoms with Gasteiger partial charge in [0, 0.05) is 6.54 Å². The van der Waals surface area contributed by atoms with E-state index in [-0.39, 0.29) is 0 Å². The summed E-state index contributed by atoms with van der Waals surface area (Å²) in [7, 11) is 0. The van der Waals surface area contributed by atoms with Gasteiger partial charge in [-0.15, -0.1) is 0 Å². The number of carboxylic acids is 1. The van der Waals surface area contributed by atoms with Crippen LogP contribution in [0.1, 0.15) is 15.9 Å². The van der Waals surface area contributed by atoms with Crippen molar-refractivity contribution in [2.24, 2.45) is 11.7 Å². The molecule has 0 fully saturated rings. The van der Waals surface area contributed by atoms with Gasteiger partial charge in [0.15, 0.2) is 0 Å². The number of hydrazine groups is 2. The van der Waals surface area contributed by atoms with Gasteiger partial charge in [0.25, 0.3) is 0 Å². The van der Waals surface area contributed by atoms with Crippen LogP contribution in [0.15, 0.2) is 24.3 Å². The monoisotopic (exact) mass is 195 g/mol. The summed E-state index contributed by atoms with van der Waals surface area (Å²) >= 11 is 0. The van der Waals surface area contributed by atoms with Crippen LogP contribution >= 0.6 is 0 Å². The summed E-state index contributed by atoms with van der Waals surface area (Å²) in [6.45, 7) is 0.421. The van der Waals surface area contributed by atoms with Gasteiger partial charge in [0.2, 0.25) is 0 Å². The summed E-state index contributed by atoms with van der Waals surface area (Å²) < 4.78 is 0. The highest BCUT2D eigenvalue weighted by molar-refractivity contribution is 5.89. The number of benzene rings is 1. The molecule has 0 bridgehead atoms. The van der Waals surface area contributed by atoms with Crippen molar-refractivity contribution in [3.63, 3.8) is 0 Å². The highest BCUT2D eigenvalue weighted by atomic mass is 16.4. The van der Waals surface area contributed by atoms with E-state index < -0.39 is 5.97 Å². The van der Waals surface area contributed by atoms with E-state index in [1.165, 1.54) is 0 Å². The zero-order valence-electron chi connectivity index (χ0n) is 7.68. The first-order valence-corrected chi connectivity index (χ1v) is 4.19. The Morgan fingerprint density at radius 2 is 2.00 bits per heavy atom. The van der Waals surface area contributed by atoms with E-state index >= 15 is 0 Å². The third-order valence-corrected chi connectivity index (χ3v) is 1.89. The van der Waals surface area contributed by atoms with Crippen LogP contribution in [0.3, 0.4) is 0 Å². The molecule has 0 unspecified atom stereocenters. The summed E-state index contributed by atoms with van der Waals surface area (Å²) in [4.78, 5) is 10.8. The molecule has 14 heavy (non-hydrogen) atoms. The molecule has 0 aliphatic carbocycles. The van der Waals surface area contributed by atoms with Crippen LogP contribution in [-0.2, 0) is 6.42 Å². The second-order valence-corrected chi connectivity index (χ2v) is 2.95. The topological polar surface area (TPSA) is 92.6 Å². The molecule has 0 saturated carbocycles. The van der Waals surface area contributed by atoms with E-state index in [4.69, 9.17) is 16.8 Å². The van der Waals surface area contributed by atoms with E-state index in [1.54, 1.807) is 24.3 Å². The molecule has 5 heteroatoms. The Hall–Kier alpha value is -1.43. The molecule has 0 aromatic heterocycles. The molecule has 0 saturated heterocycles. The number of carboxylic acid groups (broad SMARTS) is 1. The number of aromatic carboxylic acids is 1. The zero-order valence-corrected chi connectivity index (χ0v) is 7.68. The van der Waals surface area contributed by atoms with Crippen LogP contribution in [0.2, 0.25) is 0 Å². The first kappa shape index (κ1) is 10.6. The maximum atomic E-state index is 10.8. The first-order chi connectivity index (χ1) is 6.61. The predicted molar refractivity (Wildman–Crippen MR) is 52.2 cm³/mol. The Labute approximate surface area is 81.9 Å². The van der Waals surface area contributed by atoms with Crippen molar-refractivity contribution < 1.29 is 9.90 Å². The molecule has 1 aromatic carbocycles. The minimum Gasteiger partial charge on any atom is -0.478 e. The lowest BCUT2D eigenvalue weighted by atomic mass is 10.1. The van der Waals surface area contributed by atoms with Crippen molar-refractivity contribution in [3.8, 4) is 0 Å². The highest BCUT2D eigenvalue weighted by Gasteiger charge is 2.08. The average molecular weight is 195 g/mol. The molecule has 0 amide bonds. The molecule has 0 radical (unpaired) electrons. The lowest BCUT2D eigenvalue weighted by Gasteiger charge is -2.10. The van der Waals surface area contributed by atoms with Crippen LogP contribution in [0.5, 0.6) is 0 Å². The number of hydrogen-bond donors (Lipinski definition) is 3. The standard InChI is InChI=1S/C9H13N3O2/c10-12(11)6-5-7-3-1-2-4-8(7)9(13)14/h1-4H,5-6,10-11H2,(H,13,14). The van der Waals surface area contributed by atoms with E-state index in [9.17, 15) is 4.79 Å². The van der Waals surface area contributed by atoms with Crippen LogP contribution in [0, 0.1) is 0 Å². The smallest absolute Gasteiger partial charge is 0.335 e. The third kappa shape index (κ3) is 2.81. The summed E-state index contributed by atoms with van der Waals surface area (Å²) in [6, 6.07) is 6.80. The summed E-state index contributed by atoms with van der Waals surface area (Å²) in [5, 5.41) is 9.90. The molecular formula is C9H13N3O2. The minimum atomic E-state index is -0.929. The third-order valence-electron chi connectivity index (χ3n) is 1.89. The summed E-state index contributed by atoms with van der Waals surface area (Å²) in [5.74, 6) is 9.53. The van der Waals surface area contributed by atoms with Crippen molar-refractivity contribution in [1.29, 1.82) is 0 Å². The van der Waals surface area contributed by atoms with Gasteiger partial charge in [-0.25, -0.2) is 4.79 Å². The quantitative estimate of drug-likeness (QED) is 0.463. The van der Waals surface area contributed by atoms with E-state index in [0.717, 1.165) is 10.7 Å². The van der Waals surface area contributed by atoms with Crippen molar-refractivity contribution in [3.05, 3.63) is 35.4 Å². The molecular weight excluding hydrogens is 182 g/mol. The van der Waals surface area contributed by atoms with Gasteiger partial charge < -0.3 is 5.11 Å². The molecule has 0 aliphatic rings. The van der Waals surface area contributed by atoms with Gasteiger partial charge in [-0.05, 0) is 18.1 Å². The molecule has 0 spiro atoms. The van der Waals surface area contributed by atoms with Gasteiger partial charge in [0.05, 0.1) is 5.56 Å². The summed E-state index contributed by atoms with van der Waals surface area (Å²) in [6.07, 6.45) is 0.523. The van der Waals surface area contributed by atoms with E-state index in [0.29, 0.717) is 18.5 Å². The van der Waals surface area contributed by atoms with Crippen molar-refractivity contribution in [1.82, 2.24) is 5.12 Å². The normalized spacial score (nSPS) is 10.5. The van der Waals surface area contributed by atoms with Crippen LogP contribution in [0.4, 0.5) is 0 Å². The Bertz CT molecular complexity index is 326. The molecule has 0 heterocycles. The summed E-state index contributed by atoms with van der Waals surface area (Å²) in [5.41, 5.74) is 1.04. The molecule has 0 atom stereocenters. The van der Waals surface area contributed by atoms with E-state index in [2.05, 4.69) is 0 Å². The lowest BCUT2D eigenvalue weighted by molar-refractivity contribution is 0.0695. The molecule has 5 nitrogen and oxygen atoms in total. The maximum Gasteiger partial charge on any atom is 0.335 e. The van der Waals surface area contributed by atoms with Crippen molar-refractivity contribution in [2.45, 2.75) is 6.42 Å². The Kier molecular flexibility index (Phi) is 3.58. The highest BCUT2D eigenvalue weighted by Crippen LogP contribution is 2.09. The number of hydrogen-bond acceptors (Lipinski definition) is 4. The molecule has 1 aromatic rings. The number of rotatable bonds is 4. The first-order valence-electron chi connectivity index (χ1n) is 4.19. The SMILES string of the molecule is NN(N)CCc1ccccc1C(=O)O. The van der Waals surface area contributed by atoms with E-state index in [1.807, 2.05) is 0 Å². The van der Waals surface area contributed by atoms with Crippen LogP contribution in [-0.4, -0.2) is 22.7 Å². The maximum absolute atomic E-state index is 10.8. The fourth-order valence-electron chi connectivity index (χ4n) is 1.20. The average Bonchev–Trinajstić information content (AvgIpc) is 2.15. The second-order valence-electron chi connectivity index (χ2n) is 2.95. The molecule has 5 N–H and O–H groups in total. The largest absolute Gasteiger partial charge is 0.478 e. The lowest BCUT2D eigenvalue weighted by Crippen LogP contribution is -2.39. The second kappa shape index (κ2) is 4.71. The van der Waals surface area contributed by atoms with Crippen LogP contribution in [0.25, 0.3) is 0 Å². The number of carbonyl (C=O) groups is 1. The van der Waals surface area contributed by atoms with Crippen LogP contribution < -0.4 is 11.7 Å². The van der Waals surface area contributed by atoms with Crippen molar-refractivity contribution in [2.75, 3.05) is 6.54 Å².